The van der Waals surface area contributed by atoms with Gasteiger partial charge in [0.15, 0.2) is 6.10 Å². The molecule has 0 saturated heterocycles. The van der Waals surface area contributed by atoms with E-state index in [-0.39, 0.29) is 25.7 Å². The van der Waals surface area contributed by atoms with Gasteiger partial charge >= 0.3 is 5.97 Å². The molecule has 7 nitrogen and oxygen atoms in total. The first-order chi connectivity index (χ1) is 16.6. The first-order valence-corrected chi connectivity index (χ1v) is 10.9. The Morgan fingerprint density at radius 3 is 2.41 bits per heavy atom. The molecule has 7 heteroatoms. The van der Waals surface area contributed by atoms with Crippen LogP contribution in [0.25, 0.3) is 22.3 Å². The van der Waals surface area contributed by atoms with Crippen LogP contribution in [0.3, 0.4) is 0 Å². The van der Waals surface area contributed by atoms with Gasteiger partial charge in [-0.3, -0.25) is 4.79 Å². The van der Waals surface area contributed by atoms with Crippen LogP contribution >= 0.6 is 0 Å². The molecule has 0 aliphatic rings. The number of nitrogens with one attached hydrogen (secondary N) is 1. The van der Waals surface area contributed by atoms with Gasteiger partial charge in [0.2, 0.25) is 0 Å². The summed E-state index contributed by atoms with van der Waals surface area (Å²) >= 11 is 0. The fourth-order valence-electron chi connectivity index (χ4n) is 3.47. The van der Waals surface area contributed by atoms with Gasteiger partial charge in [0.05, 0.1) is 6.61 Å². The Labute approximate surface area is 196 Å². The highest BCUT2D eigenvalue weighted by molar-refractivity contribution is 5.94. The Morgan fingerprint density at radius 1 is 0.941 bits per heavy atom. The summed E-state index contributed by atoms with van der Waals surface area (Å²) in [7, 11) is 0. The number of carboxylic acids is 1. The number of fused-ring (bicyclic) bond motifs is 1. The highest BCUT2D eigenvalue weighted by Gasteiger charge is 2.18. The van der Waals surface area contributed by atoms with Gasteiger partial charge in [0.25, 0.3) is 5.91 Å². The molecule has 2 N–H and O–H groups in total. The number of amides is 1. The van der Waals surface area contributed by atoms with E-state index in [4.69, 9.17) is 13.9 Å². The summed E-state index contributed by atoms with van der Waals surface area (Å²) in [5.41, 5.74) is 3.11. The van der Waals surface area contributed by atoms with Crippen molar-refractivity contribution < 1.29 is 28.6 Å². The van der Waals surface area contributed by atoms with Crippen molar-refractivity contribution in [2.24, 2.45) is 0 Å². The van der Waals surface area contributed by atoms with Crippen molar-refractivity contribution in [3.63, 3.8) is 0 Å². The van der Waals surface area contributed by atoms with Crippen LogP contribution in [0.2, 0.25) is 0 Å². The van der Waals surface area contributed by atoms with Crippen LogP contribution in [0.1, 0.15) is 22.3 Å². The van der Waals surface area contributed by atoms with Crippen molar-refractivity contribution in [2.45, 2.75) is 19.1 Å². The number of hydrogen-bond donors (Lipinski definition) is 2. The molecule has 0 bridgehead atoms. The zero-order valence-electron chi connectivity index (χ0n) is 18.5. The molecule has 4 rings (SSSR count). The molecule has 1 amide bonds. The van der Waals surface area contributed by atoms with Crippen molar-refractivity contribution >= 4 is 22.8 Å². The molecule has 1 aromatic heterocycles. The number of aliphatic carboxylic acids is 1. The van der Waals surface area contributed by atoms with Crippen LogP contribution in [0, 0.1) is 0 Å². The highest BCUT2D eigenvalue weighted by atomic mass is 16.7. The summed E-state index contributed by atoms with van der Waals surface area (Å²) in [6, 6.07) is 26.3. The Hall–Kier alpha value is -3.94. The molecule has 4 aromatic rings. The van der Waals surface area contributed by atoms with Crippen LogP contribution in [0.5, 0.6) is 0 Å². The number of ether oxygens (including phenoxy) is 2. The van der Waals surface area contributed by atoms with E-state index in [0.29, 0.717) is 12.2 Å². The third-order valence-electron chi connectivity index (χ3n) is 5.29. The molecule has 0 aliphatic heterocycles. The van der Waals surface area contributed by atoms with Crippen molar-refractivity contribution in [3.8, 4) is 11.3 Å². The SMILES string of the molecule is O=C(NCCC(OCOCc1ccccc1)C(=O)O)c1ccc(-c2cc3ccccc3o2)cc1. The first kappa shape index (κ1) is 23.2. The summed E-state index contributed by atoms with van der Waals surface area (Å²) in [5, 5.41) is 13.1. The summed E-state index contributed by atoms with van der Waals surface area (Å²) in [5.74, 6) is -0.669. The third kappa shape index (κ3) is 6.10. The molecule has 0 fully saturated rings. The zero-order chi connectivity index (χ0) is 23.8. The van der Waals surface area contributed by atoms with Gasteiger partial charge in [-0.15, -0.1) is 0 Å². The number of rotatable bonds is 11. The molecule has 0 aliphatic carbocycles. The second kappa shape index (κ2) is 11.3. The van der Waals surface area contributed by atoms with Crippen molar-refractivity contribution in [1.82, 2.24) is 5.32 Å². The Balaban J connectivity index is 1.23. The molecule has 1 heterocycles. The fourth-order valence-corrected chi connectivity index (χ4v) is 3.47. The minimum absolute atomic E-state index is 0.118. The maximum Gasteiger partial charge on any atom is 0.332 e. The molecule has 1 unspecified atom stereocenters. The average molecular weight is 459 g/mol. The van der Waals surface area contributed by atoms with Crippen molar-refractivity contribution in [3.05, 3.63) is 96.1 Å². The second-order valence-electron chi connectivity index (χ2n) is 7.72. The molecule has 0 radical (unpaired) electrons. The predicted molar refractivity (Wildman–Crippen MR) is 127 cm³/mol. The lowest BCUT2D eigenvalue weighted by atomic mass is 10.1. The van der Waals surface area contributed by atoms with E-state index in [9.17, 15) is 14.7 Å². The van der Waals surface area contributed by atoms with Crippen LogP contribution < -0.4 is 5.32 Å². The maximum absolute atomic E-state index is 12.5. The summed E-state index contributed by atoms with van der Waals surface area (Å²) in [6.07, 6.45) is -0.959. The number of hydrogen-bond acceptors (Lipinski definition) is 5. The Morgan fingerprint density at radius 2 is 1.68 bits per heavy atom. The molecule has 174 valence electrons. The van der Waals surface area contributed by atoms with Crippen LogP contribution in [0.15, 0.2) is 89.3 Å². The Kier molecular flexibility index (Phi) is 7.70. The van der Waals surface area contributed by atoms with E-state index < -0.39 is 12.1 Å². The number of carbonyl (C=O) groups is 2. The first-order valence-electron chi connectivity index (χ1n) is 10.9. The molecule has 0 saturated carbocycles. The molecular weight excluding hydrogens is 434 g/mol. The summed E-state index contributed by atoms with van der Waals surface area (Å²) < 4.78 is 16.6. The van der Waals surface area contributed by atoms with Gasteiger partial charge < -0.3 is 24.3 Å². The zero-order valence-corrected chi connectivity index (χ0v) is 18.5. The van der Waals surface area contributed by atoms with E-state index in [1.807, 2.05) is 72.8 Å². The van der Waals surface area contributed by atoms with Gasteiger partial charge in [-0.25, -0.2) is 4.79 Å². The predicted octanol–water partition coefficient (Wildman–Crippen LogP) is 4.86. The van der Waals surface area contributed by atoms with Crippen LogP contribution in [-0.4, -0.2) is 36.4 Å². The molecular formula is C27H25NO6. The van der Waals surface area contributed by atoms with Crippen molar-refractivity contribution in [1.29, 1.82) is 0 Å². The smallest absolute Gasteiger partial charge is 0.332 e. The van der Waals surface area contributed by atoms with Gasteiger partial charge in [-0.1, -0.05) is 60.7 Å². The summed E-state index contributed by atoms with van der Waals surface area (Å²) in [6.45, 7) is 0.330. The van der Waals surface area contributed by atoms with Crippen molar-refractivity contribution in [2.75, 3.05) is 13.3 Å². The summed E-state index contributed by atoms with van der Waals surface area (Å²) in [4.78, 5) is 23.9. The Bertz CT molecular complexity index is 1200. The van der Waals surface area contributed by atoms with Crippen LogP contribution in [0.4, 0.5) is 0 Å². The second-order valence-corrected chi connectivity index (χ2v) is 7.72. The molecule has 34 heavy (non-hydrogen) atoms. The maximum atomic E-state index is 12.5. The van der Waals surface area contributed by atoms with E-state index in [2.05, 4.69) is 5.32 Å². The van der Waals surface area contributed by atoms with Gasteiger partial charge in [-0.05, 0) is 29.8 Å². The fraction of sp³-hybridized carbons (Fsp3) is 0.185. The quantitative estimate of drug-likeness (QED) is 0.245. The van der Waals surface area contributed by atoms with Gasteiger partial charge in [-0.2, -0.15) is 0 Å². The number of carboxylic acid groups (broad SMARTS) is 1. The standard InChI is InChI=1S/C27H25NO6/c29-26(21-12-10-20(11-13-21)25-16-22-8-4-5-9-23(22)34-25)28-15-14-24(27(30)31)33-18-32-17-19-6-2-1-3-7-19/h1-13,16,24H,14-15,17-18H2,(H,28,29)(H,30,31). The van der Waals surface area contributed by atoms with E-state index in [1.165, 1.54) is 0 Å². The molecule has 3 aromatic carbocycles. The average Bonchev–Trinajstić information content (AvgIpc) is 3.30. The minimum Gasteiger partial charge on any atom is -0.479 e. The van der Waals surface area contributed by atoms with Gasteiger partial charge in [0, 0.05) is 29.5 Å². The largest absolute Gasteiger partial charge is 0.479 e. The van der Waals surface area contributed by atoms with E-state index >= 15 is 0 Å². The molecule has 1 atom stereocenters. The molecule has 0 spiro atoms. The minimum atomic E-state index is -1.10. The number of furan rings is 1. The lowest BCUT2D eigenvalue weighted by Crippen LogP contribution is -2.32. The topological polar surface area (TPSA) is 98.0 Å². The number of carbonyl (C=O) groups excluding carboxylic acids is 1. The third-order valence-corrected chi connectivity index (χ3v) is 5.29. The van der Waals surface area contributed by atoms with E-state index in [1.54, 1.807) is 12.1 Å². The lowest BCUT2D eigenvalue weighted by molar-refractivity contribution is -0.162. The van der Waals surface area contributed by atoms with Crippen LogP contribution in [-0.2, 0) is 20.9 Å². The highest BCUT2D eigenvalue weighted by Crippen LogP contribution is 2.27. The number of para-hydroxylation sites is 1. The normalized spacial score (nSPS) is 11.9. The van der Waals surface area contributed by atoms with E-state index in [0.717, 1.165) is 27.9 Å². The number of benzene rings is 3. The monoisotopic (exact) mass is 459 g/mol. The van der Waals surface area contributed by atoms with Gasteiger partial charge in [0.1, 0.15) is 18.1 Å². The lowest BCUT2D eigenvalue weighted by Gasteiger charge is -2.14.